The lowest BCUT2D eigenvalue weighted by Crippen LogP contribution is -2.46. The Balaban J connectivity index is 1.89. The summed E-state index contributed by atoms with van der Waals surface area (Å²) in [6.45, 7) is 1.50. The minimum Gasteiger partial charge on any atom is -0.391 e. The highest BCUT2D eigenvalue weighted by Crippen LogP contribution is 2.18. The van der Waals surface area contributed by atoms with Gasteiger partial charge in [0.05, 0.1) is 12.1 Å². The van der Waals surface area contributed by atoms with Gasteiger partial charge in [0, 0.05) is 11.3 Å². The van der Waals surface area contributed by atoms with Gasteiger partial charge in [-0.3, -0.25) is 4.79 Å². The summed E-state index contributed by atoms with van der Waals surface area (Å²) in [7, 11) is 0. The molecule has 1 aromatic carbocycles. The van der Waals surface area contributed by atoms with Crippen LogP contribution < -0.4 is 10.6 Å². The molecule has 2 unspecified atom stereocenters. The molecular formula is C15H20N2O3. The van der Waals surface area contributed by atoms with Gasteiger partial charge in [0.15, 0.2) is 5.78 Å². The van der Waals surface area contributed by atoms with Crippen molar-refractivity contribution < 1.29 is 14.7 Å². The third kappa shape index (κ3) is 3.81. The van der Waals surface area contributed by atoms with E-state index in [1.165, 1.54) is 6.92 Å². The molecule has 0 aliphatic heterocycles. The fraction of sp³-hybridized carbons (Fsp3) is 0.467. The quantitative estimate of drug-likeness (QED) is 0.741. The standard InChI is InChI=1S/C15H20N2O3/c1-10(18)11-6-8-12(9-7-11)16-15(20)17-13-4-2-3-5-14(13)19/h6-9,13-14,19H,2-5H2,1H3,(H2,16,17,20). The largest absolute Gasteiger partial charge is 0.391 e. The Morgan fingerprint density at radius 1 is 1.15 bits per heavy atom. The second-order valence-corrected chi connectivity index (χ2v) is 5.19. The van der Waals surface area contributed by atoms with Crippen molar-refractivity contribution in [1.82, 2.24) is 5.32 Å². The van der Waals surface area contributed by atoms with Crippen molar-refractivity contribution in [1.29, 1.82) is 0 Å². The van der Waals surface area contributed by atoms with E-state index in [0.29, 0.717) is 11.3 Å². The molecular weight excluding hydrogens is 256 g/mol. The van der Waals surface area contributed by atoms with Crippen molar-refractivity contribution in [3.63, 3.8) is 0 Å². The fourth-order valence-corrected chi connectivity index (χ4v) is 2.40. The molecule has 1 saturated carbocycles. The van der Waals surface area contributed by atoms with Crippen LogP contribution in [0.2, 0.25) is 0 Å². The first-order chi connectivity index (χ1) is 9.56. The van der Waals surface area contributed by atoms with E-state index < -0.39 is 6.10 Å². The molecule has 5 nitrogen and oxygen atoms in total. The zero-order valence-electron chi connectivity index (χ0n) is 11.6. The molecule has 20 heavy (non-hydrogen) atoms. The SMILES string of the molecule is CC(=O)c1ccc(NC(=O)NC2CCCCC2O)cc1. The number of benzene rings is 1. The summed E-state index contributed by atoms with van der Waals surface area (Å²) in [4.78, 5) is 23.0. The summed E-state index contributed by atoms with van der Waals surface area (Å²) in [6, 6.07) is 6.22. The zero-order valence-corrected chi connectivity index (χ0v) is 11.6. The molecule has 5 heteroatoms. The maximum atomic E-state index is 11.8. The Morgan fingerprint density at radius 3 is 2.40 bits per heavy atom. The second kappa shape index (κ2) is 6.52. The number of nitrogens with one attached hydrogen (secondary N) is 2. The van der Waals surface area contributed by atoms with E-state index in [1.54, 1.807) is 24.3 Å². The zero-order chi connectivity index (χ0) is 14.5. The van der Waals surface area contributed by atoms with Gasteiger partial charge in [-0.05, 0) is 44.0 Å². The van der Waals surface area contributed by atoms with Crippen LogP contribution in [-0.2, 0) is 0 Å². The van der Waals surface area contributed by atoms with E-state index >= 15 is 0 Å². The van der Waals surface area contributed by atoms with E-state index in [0.717, 1.165) is 25.7 Å². The molecule has 3 N–H and O–H groups in total. The maximum Gasteiger partial charge on any atom is 0.319 e. The highest BCUT2D eigenvalue weighted by atomic mass is 16.3. The Kier molecular flexibility index (Phi) is 4.74. The van der Waals surface area contributed by atoms with Crippen LogP contribution in [0.1, 0.15) is 43.0 Å². The van der Waals surface area contributed by atoms with Crippen LogP contribution in [-0.4, -0.2) is 29.1 Å². The number of hydrogen-bond donors (Lipinski definition) is 3. The van der Waals surface area contributed by atoms with Gasteiger partial charge < -0.3 is 15.7 Å². The van der Waals surface area contributed by atoms with Crippen molar-refractivity contribution >= 4 is 17.5 Å². The summed E-state index contributed by atoms with van der Waals surface area (Å²) in [5.74, 6) is -0.00803. The Hall–Kier alpha value is -1.88. The number of rotatable bonds is 3. The summed E-state index contributed by atoms with van der Waals surface area (Å²) in [5, 5.41) is 15.3. The molecule has 2 rings (SSSR count). The highest BCUT2D eigenvalue weighted by molar-refractivity contribution is 5.95. The molecule has 0 saturated heterocycles. The molecule has 2 amide bonds. The number of aliphatic hydroxyl groups excluding tert-OH is 1. The fourth-order valence-electron chi connectivity index (χ4n) is 2.40. The predicted octanol–water partition coefficient (Wildman–Crippen LogP) is 2.31. The first-order valence-electron chi connectivity index (χ1n) is 6.93. The van der Waals surface area contributed by atoms with Crippen molar-refractivity contribution in [2.24, 2.45) is 0 Å². The average molecular weight is 276 g/mol. The first-order valence-corrected chi connectivity index (χ1v) is 6.93. The summed E-state index contributed by atoms with van der Waals surface area (Å²) in [6.07, 6.45) is 3.11. The number of ketones is 1. The number of urea groups is 1. The molecule has 1 fully saturated rings. The van der Waals surface area contributed by atoms with Crippen LogP contribution in [0.25, 0.3) is 0 Å². The van der Waals surface area contributed by atoms with E-state index in [2.05, 4.69) is 10.6 Å². The number of anilines is 1. The number of hydrogen-bond acceptors (Lipinski definition) is 3. The monoisotopic (exact) mass is 276 g/mol. The third-order valence-electron chi connectivity index (χ3n) is 3.60. The minimum atomic E-state index is -0.463. The van der Waals surface area contributed by atoms with Crippen molar-refractivity contribution in [2.45, 2.75) is 44.8 Å². The number of carbonyl (C=O) groups is 2. The maximum absolute atomic E-state index is 11.8. The van der Waals surface area contributed by atoms with Gasteiger partial charge in [-0.1, -0.05) is 12.8 Å². The first kappa shape index (κ1) is 14.5. The third-order valence-corrected chi connectivity index (χ3v) is 3.60. The molecule has 0 aromatic heterocycles. The summed E-state index contributed by atoms with van der Waals surface area (Å²) >= 11 is 0. The van der Waals surface area contributed by atoms with Gasteiger partial charge >= 0.3 is 6.03 Å². The smallest absolute Gasteiger partial charge is 0.319 e. The van der Waals surface area contributed by atoms with Crippen LogP contribution in [0.3, 0.4) is 0 Å². The average Bonchev–Trinajstić information content (AvgIpc) is 2.42. The van der Waals surface area contributed by atoms with Crippen LogP contribution in [0.15, 0.2) is 24.3 Å². The number of aliphatic hydroxyl groups is 1. The molecule has 0 radical (unpaired) electrons. The Labute approximate surface area is 118 Å². The molecule has 1 aliphatic carbocycles. The van der Waals surface area contributed by atoms with E-state index in [-0.39, 0.29) is 17.9 Å². The number of carbonyl (C=O) groups excluding carboxylic acids is 2. The van der Waals surface area contributed by atoms with Crippen molar-refractivity contribution in [3.05, 3.63) is 29.8 Å². The molecule has 1 aliphatic rings. The van der Waals surface area contributed by atoms with Gasteiger partial charge in [0.1, 0.15) is 0 Å². The molecule has 108 valence electrons. The lowest BCUT2D eigenvalue weighted by molar-refractivity contribution is 0.0955. The minimum absolute atomic E-state index is 0.00803. The van der Waals surface area contributed by atoms with Gasteiger partial charge in [-0.2, -0.15) is 0 Å². The number of amides is 2. The lowest BCUT2D eigenvalue weighted by Gasteiger charge is -2.28. The Morgan fingerprint density at radius 2 is 1.80 bits per heavy atom. The van der Waals surface area contributed by atoms with E-state index in [9.17, 15) is 14.7 Å². The summed E-state index contributed by atoms with van der Waals surface area (Å²) in [5.41, 5.74) is 1.23. The lowest BCUT2D eigenvalue weighted by atomic mass is 9.93. The van der Waals surface area contributed by atoms with Gasteiger partial charge in [0.25, 0.3) is 0 Å². The van der Waals surface area contributed by atoms with Crippen molar-refractivity contribution in [3.8, 4) is 0 Å². The van der Waals surface area contributed by atoms with Crippen molar-refractivity contribution in [2.75, 3.05) is 5.32 Å². The van der Waals surface area contributed by atoms with Gasteiger partial charge in [-0.15, -0.1) is 0 Å². The summed E-state index contributed by atoms with van der Waals surface area (Å²) < 4.78 is 0. The normalized spacial score (nSPS) is 22.1. The highest BCUT2D eigenvalue weighted by Gasteiger charge is 2.24. The van der Waals surface area contributed by atoms with Crippen LogP contribution in [0.4, 0.5) is 10.5 Å². The van der Waals surface area contributed by atoms with Gasteiger partial charge in [-0.25, -0.2) is 4.79 Å². The van der Waals surface area contributed by atoms with E-state index in [4.69, 9.17) is 0 Å². The van der Waals surface area contributed by atoms with E-state index in [1.807, 2.05) is 0 Å². The van der Waals surface area contributed by atoms with Crippen LogP contribution in [0.5, 0.6) is 0 Å². The Bertz CT molecular complexity index is 484. The van der Waals surface area contributed by atoms with Crippen LogP contribution in [0, 0.1) is 0 Å². The predicted molar refractivity (Wildman–Crippen MR) is 76.9 cm³/mol. The van der Waals surface area contributed by atoms with Crippen LogP contribution >= 0.6 is 0 Å². The molecule has 0 bridgehead atoms. The van der Waals surface area contributed by atoms with Gasteiger partial charge in [0.2, 0.25) is 0 Å². The topological polar surface area (TPSA) is 78.4 Å². The molecule has 1 aromatic rings. The molecule has 0 heterocycles. The second-order valence-electron chi connectivity index (χ2n) is 5.19. The molecule has 0 spiro atoms. The number of Topliss-reactive ketones (excluding diaryl/α,β-unsaturated/α-hetero) is 1. The molecule has 2 atom stereocenters.